The molecule has 0 bridgehead atoms. The van der Waals surface area contributed by atoms with Crippen molar-refractivity contribution in [1.82, 2.24) is 4.98 Å². The van der Waals surface area contributed by atoms with E-state index in [4.69, 9.17) is 9.15 Å². The number of ether oxygens (including phenoxy) is 1. The standard InChI is InChI=1S/C10H9NO2/c1-2-4-9(5-3-1)13-8-10-11-6-7-12-10/h1-7H,8H2. The van der Waals surface area contributed by atoms with Crippen LogP contribution >= 0.6 is 0 Å². The SMILES string of the molecule is c1ccc(OCc2ncco2)cc1. The Hall–Kier alpha value is -1.77. The van der Waals surface area contributed by atoms with E-state index in [-0.39, 0.29) is 0 Å². The van der Waals surface area contributed by atoms with Crippen LogP contribution < -0.4 is 4.74 Å². The van der Waals surface area contributed by atoms with Crippen LogP contribution in [-0.2, 0) is 6.61 Å². The molecule has 0 radical (unpaired) electrons. The lowest BCUT2D eigenvalue weighted by Gasteiger charge is -2.01. The number of para-hydroxylation sites is 1. The van der Waals surface area contributed by atoms with Crippen molar-refractivity contribution in [3.8, 4) is 5.75 Å². The molecule has 1 heterocycles. The Balaban J connectivity index is 1.94. The number of aromatic nitrogens is 1. The maximum atomic E-state index is 5.39. The molecule has 2 rings (SSSR count). The topological polar surface area (TPSA) is 35.3 Å². The minimum absolute atomic E-state index is 0.372. The van der Waals surface area contributed by atoms with E-state index >= 15 is 0 Å². The first kappa shape index (κ1) is 7.86. The predicted molar refractivity (Wildman–Crippen MR) is 47.3 cm³/mol. The summed E-state index contributed by atoms with van der Waals surface area (Å²) in [6, 6.07) is 9.57. The predicted octanol–water partition coefficient (Wildman–Crippen LogP) is 2.25. The summed E-state index contributed by atoms with van der Waals surface area (Å²) in [6.45, 7) is 0.372. The number of rotatable bonds is 3. The lowest BCUT2D eigenvalue weighted by Crippen LogP contribution is -1.94. The summed E-state index contributed by atoms with van der Waals surface area (Å²) in [5.74, 6) is 1.41. The molecule has 0 aliphatic rings. The molecule has 0 N–H and O–H groups in total. The molecule has 0 saturated heterocycles. The number of nitrogens with zero attached hydrogens (tertiary/aromatic N) is 1. The monoisotopic (exact) mass is 175 g/mol. The van der Waals surface area contributed by atoms with E-state index in [0.29, 0.717) is 12.5 Å². The van der Waals surface area contributed by atoms with Gasteiger partial charge in [-0.1, -0.05) is 18.2 Å². The van der Waals surface area contributed by atoms with Crippen LogP contribution in [-0.4, -0.2) is 4.98 Å². The lowest BCUT2D eigenvalue weighted by atomic mass is 10.3. The van der Waals surface area contributed by atoms with Gasteiger partial charge in [-0.05, 0) is 12.1 Å². The molecule has 66 valence electrons. The molecular weight excluding hydrogens is 166 g/mol. The summed E-state index contributed by atoms with van der Waals surface area (Å²) in [6.07, 6.45) is 3.13. The van der Waals surface area contributed by atoms with Gasteiger partial charge in [0.15, 0.2) is 6.61 Å². The highest BCUT2D eigenvalue weighted by Crippen LogP contribution is 2.10. The first-order valence-electron chi connectivity index (χ1n) is 4.01. The van der Waals surface area contributed by atoms with Gasteiger partial charge in [0.1, 0.15) is 12.0 Å². The lowest BCUT2D eigenvalue weighted by molar-refractivity contribution is 0.263. The first-order chi connectivity index (χ1) is 6.45. The minimum atomic E-state index is 0.372. The highest BCUT2D eigenvalue weighted by molar-refractivity contribution is 5.20. The van der Waals surface area contributed by atoms with Gasteiger partial charge in [-0.3, -0.25) is 0 Å². The Kier molecular flexibility index (Phi) is 2.27. The van der Waals surface area contributed by atoms with Crippen LogP contribution in [0.5, 0.6) is 5.75 Å². The Morgan fingerprint density at radius 3 is 2.77 bits per heavy atom. The van der Waals surface area contributed by atoms with Crippen molar-refractivity contribution in [2.45, 2.75) is 6.61 Å². The van der Waals surface area contributed by atoms with Crippen LogP contribution in [0.15, 0.2) is 47.2 Å². The van der Waals surface area contributed by atoms with Crippen LogP contribution in [0.4, 0.5) is 0 Å². The molecule has 0 aliphatic heterocycles. The molecule has 0 atom stereocenters. The summed E-state index contributed by atoms with van der Waals surface area (Å²) in [7, 11) is 0. The summed E-state index contributed by atoms with van der Waals surface area (Å²) in [4.78, 5) is 3.94. The van der Waals surface area contributed by atoms with Gasteiger partial charge in [0.2, 0.25) is 5.89 Å². The highest BCUT2D eigenvalue weighted by atomic mass is 16.5. The third kappa shape index (κ3) is 2.08. The number of hydrogen-bond donors (Lipinski definition) is 0. The molecular formula is C10H9NO2. The van der Waals surface area contributed by atoms with Crippen LogP contribution in [0.3, 0.4) is 0 Å². The first-order valence-corrected chi connectivity index (χ1v) is 4.01. The molecule has 0 amide bonds. The number of benzene rings is 1. The van der Waals surface area contributed by atoms with E-state index in [2.05, 4.69) is 4.98 Å². The van der Waals surface area contributed by atoms with E-state index in [1.54, 1.807) is 6.20 Å². The fourth-order valence-corrected chi connectivity index (χ4v) is 0.986. The maximum Gasteiger partial charge on any atom is 0.232 e. The third-order valence-electron chi connectivity index (χ3n) is 1.59. The van der Waals surface area contributed by atoms with E-state index in [9.17, 15) is 0 Å². The van der Waals surface area contributed by atoms with Gasteiger partial charge in [-0.15, -0.1) is 0 Å². The summed E-state index contributed by atoms with van der Waals surface area (Å²) in [5, 5.41) is 0. The molecule has 0 unspecified atom stereocenters. The van der Waals surface area contributed by atoms with Crippen molar-refractivity contribution < 1.29 is 9.15 Å². The molecule has 0 saturated carbocycles. The Morgan fingerprint density at radius 1 is 1.23 bits per heavy atom. The molecule has 2 aromatic rings. The maximum absolute atomic E-state index is 5.39. The van der Waals surface area contributed by atoms with Crippen LogP contribution in [0, 0.1) is 0 Å². The molecule has 0 fully saturated rings. The average molecular weight is 175 g/mol. The van der Waals surface area contributed by atoms with E-state index < -0.39 is 0 Å². The average Bonchev–Trinajstić information content (AvgIpc) is 2.69. The zero-order valence-corrected chi connectivity index (χ0v) is 7.01. The van der Waals surface area contributed by atoms with Crippen molar-refractivity contribution in [1.29, 1.82) is 0 Å². The normalized spacial score (nSPS) is 9.85. The molecule has 0 spiro atoms. The van der Waals surface area contributed by atoms with Gasteiger partial charge in [0.25, 0.3) is 0 Å². The zero-order chi connectivity index (χ0) is 8.93. The van der Waals surface area contributed by atoms with Crippen molar-refractivity contribution >= 4 is 0 Å². The Morgan fingerprint density at radius 2 is 2.08 bits per heavy atom. The summed E-state index contributed by atoms with van der Waals surface area (Å²) < 4.78 is 10.4. The van der Waals surface area contributed by atoms with Gasteiger partial charge < -0.3 is 9.15 Å². The summed E-state index contributed by atoms with van der Waals surface area (Å²) in [5.41, 5.74) is 0. The van der Waals surface area contributed by atoms with E-state index in [1.807, 2.05) is 30.3 Å². The van der Waals surface area contributed by atoms with Crippen LogP contribution in [0.2, 0.25) is 0 Å². The van der Waals surface area contributed by atoms with Gasteiger partial charge in [-0.25, -0.2) is 4.98 Å². The second-order valence-electron chi connectivity index (χ2n) is 2.53. The largest absolute Gasteiger partial charge is 0.484 e. The van der Waals surface area contributed by atoms with Crippen molar-refractivity contribution in [3.63, 3.8) is 0 Å². The zero-order valence-electron chi connectivity index (χ0n) is 7.01. The van der Waals surface area contributed by atoms with E-state index in [1.165, 1.54) is 6.26 Å². The van der Waals surface area contributed by atoms with Crippen molar-refractivity contribution in [2.75, 3.05) is 0 Å². The second kappa shape index (κ2) is 3.76. The summed E-state index contributed by atoms with van der Waals surface area (Å²) >= 11 is 0. The van der Waals surface area contributed by atoms with Crippen LogP contribution in [0.1, 0.15) is 5.89 Å². The minimum Gasteiger partial charge on any atom is -0.484 e. The highest BCUT2D eigenvalue weighted by Gasteiger charge is 1.97. The fraction of sp³-hybridized carbons (Fsp3) is 0.100. The second-order valence-corrected chi connectivity index (χ2v) is 2.53. The Bertz CT molecular complexity index is 342. The fourth-order valence-electron chi connectivity index (χ4n) is 0.986. The number of hydrogen-bond acceptors (Lipinski definition) is 3. The van der Waals surface area contributed by atoms with Gasteiger partial charge in [0.05, 0.1) is 6.20 Å². The molecule has 3 heteroatoms. The molecule has 0 aliphatic carbocycles. The molecule has 3 nitrogen and oxygen atoms in total. The quantitative estimate of drug-likeness (QED) is 0.717. The van der Waals surface area contributed by atoms with Crippen molar-refractivity contribution in [3.05, 3.63) is 48.7 Å². The molecule has 1 aromatic carbocycles. The smallest absolute Gasteiger partial charge is 0.232 e. The van der Waals surface area contributed by atoms with E-state index in [0.717, 1.165) is 5.75 Å². The molecule has 13 heavy (non-hydrogen) atoms. The van der Waals surface area contributed by atoms with Crippen LogP contribution in [0.25, 0.3) is 0 Å². The van der Waals surface area contributed by atoms with Gasteiger partial charge >= 0.3 is 0 Å². The van der Waals surface area contributed by atoms with Gasteiger partial charge in [0, 0.05) is 0 Å². The van der Waals surface area contributed by atoms with Gasteiger partial charge in [-0.2, -0.15) is 0 Å². The Labute approximate surface area is 76.0 Å². The molecule has 1 aromatic heterocycles. The van der Waals surface area contributed by atoms with Crippen molar-refractivity contribution in [2.24, 2.45) is 0 Å². The number of oxazole rings is 1. The third-order valence-corrected chi connectivity index (χ3v) is 1.59.